The lowest BCUT2D eigenvalue weighted by molar-refractivity contribution is -0.304. The number of allylic oxidation sites excluding steroid dienone is 1. The highest BCUT2D eigenvalue weighted by Gasteiger charge is 2.33. The second-order valence-corrected chi connectivity index (χ2v) is 9.43. The molecule has 0 unspecified atom stereocenters. The van der Waals surface area contributed by atoms with E-state index in [0.717, 1.165) is 25.9 Å². The van der Waals surface area contributed by atoms with Crippen molar-refractivity contribution in [1.82, 2.24) is 9.88 Å². The van der Waals surface area contributed by atoms with Crippen molar-refractivity contribution in [1.29, 1.82) is 5.26 Å². The Kier molecular flexibility index (Phi) is 8.53. The minimum Gasteiger partial charge on any atom is -0.432 e. The number of aliphatic imine (C=N–C) groups is 1. The molecule has 10 nitrogen and oxygen atoms in total. The zero-order valence-corrected chi connectivity index (χ0v) is 21.1. The number of aliphatic hydroxyl groups is 3. The molecule has 10 heteroatoms. The third kappa shape index (κ3) is 7.53. The van der Waals surface area contributed by atoms with Crippen LogP contribution in [0, 0.1) is 23.2 Å². The Morgan fingerprint density at radius 1 is 1.24 bits per heavy atom. The number of piperidine rings is 1. The maximum Gasteiger partial charge on any atom is 0.352 e. The van der Waals surface area contributed by atoms with Gasteiger partial charge in [-0.1, -0.05) is 11.8 Å². The molecule has 0 atom stereocenters. The van der Waals surface area contributed by atoms with E-state index >= 15 is 0 Å². The largest absolute Gasteiger partial charge is 0.432 e. The predicted octanol–water partition coefficient (Wildman–Crippen LogP) is 1.30. The molecule has 0 spiro atoms. The van der Waals surface area contributed by atoms with Crippen LogP contribution in [0.15, 0.2) is 41.7 Å². The number of nitrogens with zero attached hydrogens (tertiary/aromatic N) is 4. The average Bonchev–Trinajstić information content (AvgIpc) is 2.85. The van der Waals surface area contributed by atoms with Gasteiger partial charge in [0.2, 0.25) is 0 Å². The van der Waals surface area contributed by atoms with Gasteiger partial charge in [-0.25, -0.2) is 4.98 Å². The zero-order valence-electron chi connectivity index (χ0n) is 21.1. The highest BCUT2D eigenvalue weighted by molar-refractivity contribution is 6.09. The van der Waals surface area contributed by atoms with Crippen LogP contribution in [0.3, 0.4) is 0 Å². The van der Waals surface area contributed by atoms with Gasteiger partial charge in [0, 0.05) is 35.3 Å². The number of nitriles is 1. The van der Waals surface area contributed by atoms with Crippen molar-refractivity contribution in [3.8, 4) is 23.7 Å². The van der Waals surface area contributed by atoms with Gasteiger partial charge in [-0.3, -0.25) is 4.99 Å². The summed E-state index contributed by atoms with van der Waals surface area (Å²) in [6.07, 6.45) is 6.40. The Balaban J connectivity index is 1.89. The van der Waals surface area contributed by atoms with Crippen LogP contribution >= 0.6 is 0 Å². The van der Waals surface area contributed by atoms with Gasteiger partial charge in [0.05, 0.1) is 23.2 Å². The van der Waals surface area contributed by atoms with Gasteiger partial charge in [0.1, 0.15) is 5.60 Å². The molecule has 7 N–H and O–H groups in total. The van der Waals surface area contributed by atoms with E-state index in [1.54, 1.807) is 6.21 Å². The molecule has 1 saturated heterocycles. The van der Waals surface area contributed by atoms with Gasteiger partial charge in [-0.05, 0) is 71.1 Å². The van der Waals surface area contributed by atoms with Crippen molar-refractivity contribution < 1.29 is 20.1 Å². The molecule has 1 fully saturated rings. The quantitative estimate of drug-likeness (QED) is 0.221. The van der Waals surface area contributed by atoms with Crippen LogP contribution in [0.4, 0.5) is 5.82 Å². The van der Waals surface area contributed by atoms with Crippen molar-refractivity contribution in [2.45, 2.75) is 44.3 Å². The van der Waals surface area contributed by atoms with Gasteiger partial charge in [-0.15, -0.1) is 0 Å². The first-order valence-corrected chi connectivity index (χ1v) is 11.8. The Bertz CT molecular complexity index is 1290. The lowest BCUT2D eigenvalue weighted by atomic mass is 10.0. The summed E-state index contributed by atoms with van der Waals surface area (Å²) in [5, 5.41) is 41.0. The molecule has 0 bridgehead atoms. The van der Waals surface area contributed by atoms with Crippen molar-refractivity contribution in [2.24, 2.45) is 10.7 Å². The summed E-state index contributed by atoms with van der Waals surface area (Å²) in [7, 11) is 2.08. The average molecular weight is 505 g/mol. The standard InChI is InChI=1S/C27H32N6O4/c1-26(2,34)9-6-18-4-5-19(14-28)23(12-18)27(35,36)37-24-13-20(16-32-25(24)30)21(15-29)17-31-22-7-10-33(3)11-8-22/h4-5,12-13,15-17,22,34-36H,7-8,10-11,29H2,1-3H3,(H2,30,32). The molecule has 1 aliphatic rings. The molecule has 3 rings (SSSR count). The second-order valence-electron chi connectivity index (χ2n) is 9.43. The number of likely N-dealkylation sites (tertiary alicyclic amines) is 1. The molecule has 0 aliphatic carbocycles. The van der Waals surface area contributed by atoms with Gasteiger partial charge < -0.3 is 36.4 Å². The molecule has 2 aromatic rings. The van der Waals surface area contributed by atoms with E-state index < -0.39 is 11.6 Å². The van der Waals surface area contributed by atoms with Crippen LogP contribution in [0.1, 0.15) is 48.9 Å². The Morgan fingerprint density at radius 3 is 2.57 bits per heavy atom. The SMILES string of the molecule is CN1CCC(N=CC(=CN)c2cnc(N)c(OC(O)(O)c3cc(C#CC(C)(C)O)ccc3C#N)c2)CC1. The monoisotopic (exact) mass is 504 g/mol. The Morgan fingerprint density at radius 2 is 1.95 bits per heavy atom. The van der Waals surface area contributed by atoms with E-state index in [1.807, 2.05) is 6.07 Å². The molecule has 37 heavy (non-hydrogen) atoms. The first-order chi connectivity index (χ1) is 17.4. The maximum absolute atomic E-state index is 10.8. The van der Waals surface area contributed by atoms with Gasteiger partial charge >= 0.3 is 5.97 Å². The normalized spacial score (nSPS) is 15.8. The van der Waals surface area contributed by atoms with E-state index in [-0.39, 0.29) is 28.7 Å². The second kappa shape index (κ2) is 11.4. The Hall–Kier alpha value is -3.93. The van der Waals surface area contributed by atoms with Crippen LogP contribution in [-0.4, -0.2) is 63.2 Å². The topological polar surface area (TPSA) is 174 Å². The highest BCUT2D eigenvalue weighted by atomic mass is 16.8. The number of nitrogen functional groups attached to an aromatic ring is 1. The zero-order chi connectivity index (χ0) is 27.2. The fourth-order valence-corrected chi connectivity index (χ4v) is 3.66. The van der Waals surface area contributed by atoms with Gasteiger partial charge in [-0.2, -0.15) is 5.26 Å². The molecule has 0 amide bonds. The van der Waals surface area contributed by atoms with E-state index in [9.17, 15) is 20.6 Å². The lowest BCUT2D eigenvalue weighted by Crippen LogP contribution is -2.34. The molecular weight excluding hydrogens is 472 g/mol. The smallest absolute Gasteiger partial charge is 0.352 e. The van der Waals surface area contributed by atoms with Crippen molar-refractivity contribution in [3.05, 3.63) is 58.9 Å². The van der Waals surface area contributed by atoms with Gasteiger partial charge in [0.15, 0.2) is 11.6 Å². The Labute approximate surface area is 216 Å². The number of rotatable bonds is 6. The summed E-state index contributed by atoms with van der Waals surface area (Å²) in [4.78, 5) is 11.0. The van der Waals surface area contributed by atoms with Crippen LogP contribution in [-0.2, 0) is 5.97 Å². The first kappa shape index (κ1) is 27.7. The molecule has 1 aromatic carbocycles. The fourth-order valence-electron chi connectivity index (χ4n) is 3.66. The van der Waals surface area contributed by atoms with E-state index in [1.165, 1.54) is 50.5 Å². The van der Waals surface area contributed by atoms with Crippen LogP contribution in [0.25, 0.3) is 5.57 Å². The third-order valence-corrected chi connectivity index (χ3v) is 5.76. The lowest BCUT2D eigenvalue weighted by Gasteiger charge is -2.26. The number of ether oxygens (including phenoxy) is 1. The summed E-state index contributed by atoms with van der Waals surface area (Å²) in [5.41, 5.74) is 11.6. The highest BCUT2D eigenvalue weighted by Crippen LogP contribution is 2.31. The molecule has 194 valence electrons. The summed E-state index contributed by atoms with van der Waals surface area (Å²) in [5.74, 6) is 2.19. The molecule has 1 aromatic heterocycles. The predicted molar refractivity (Wildman–Crippen MR) is 141 cm³/mol. The van der Waals surface area contributed by atoms with Crippen molar-refractivity contribution >= 4 is 17.6 Å². The minimum atomic E-state index is -2.94. The van der Waals surface area contributed by atoms with E-state index in [2.05, 4.69) is 33.8 Å². The molecule has 0 saturated carbocycles. The number of pyridine rings is 1. The van der Waals surface area contributed by atoms with Crippen LogP contribution < -0.4 is 16.2 Å². The summed E-state index contributed by atoms with van der Waals surface area (Å²) < 4.78 is 5.46. The number of benzene rings is 1. The number of hydrogen-bond acceptors (Lipinski definition) is 10. The maximum atomic E-state index is 10.8. The summed E-state index contributed by atoms with van der Waals surface area (Å²) in [6.45, 7) is 4.97. The van der Waals surface area contributed by atoms with E-state index in [0.29, 0.717) is 16.7 Å². The molecular formula is C27H32N6O4. The van der Waals surface area contributed by atoms with Crippen molar-refractivity contribution in [2.75, 3.05) is 25.9 Å². The van der Waals surface area contributed by atoms with Crippen molar-refractivity contribution in [3.63, 3.8) is 0 Å². The minimum absolute atomic E-state index is 0.0469. The number of hydrogen-bond donors (Lipinski definition) is 5. The fraction of sp³-hybridized carbons (Fsp3) is 0.370. The summed E-state index contributed by atoms with van der Waals surface area (Å²) >= 11 is 0. The first-order valence-electron chi connectivity index (χ1n) is 11.8. The third-order valence-electron chi connectivity index (χ3n) is 5.76. The van der Waals surface area contributed by atoms with Crippen LogP contribution in [0.2, 0.25) is 0 Å². The molecule has 1 aliphatic heterocycles. The van der Waals surface area contributed by atoms with Gasteiger partial charge in [0.25, 0.3) is 0 Å². The summed E-state index contributed by atoms with van der Waals surface area (Å²) in [6, 6.07) is 7.74. The number of nitrogens with two attached hydrogens (primary N) is 2. The molecule has 0 radical (unpaired) electrons. The van der Waals surface area contributed by atoms with E-state index in [4.69, 9.17) is 16.2 Å². The number of anilines is 1. The van der Waals surface area contributed by atoms with Crippen LogP contribution in [0.5, 0.6) is 5.75 Å². The molecule has 2 heterocycles. The number of aromatic nitrogens is 1.